The molecule has 0 aromatic carbocycles. The number of rotatable bonds is 18. The number of nitrogens with one attached hydrogen (secondary N) is 3. The Hall–Kier alpha value is -4.99. The van der Waals surface area contributed by atoms with E-state index in [9.17, 15) is 24.0 Å². The van der Waals surface area contributed by atoms with Crippen molar-refractivity contribution in [2.24, 2.45) is 0 Å². The molecule has 37 nitrogen and oxygen atoms in total. The van der Waals surface area contributed by atoms with Crippen LogP contribution in [0.25, 0.3) is 22.6 Å². The molecule has 8 aliphatic rings. The average Bonchev–Trinajstić information content (AvgIpc) is 1.60. The molecular formula is C78H93BCl7K3N21O16P. The van der Waals surface area contributed by atoms with E-state index in [1.165, 1.54) is 153 Å². The molecule has 0 spiro atoms. The molecule has 8 fully saturated rings. The van der Waals surface area contributed by atoms with Gasteiger partial charge in [0.25, 0.3) is 5.91 Å². The molecule has 8 saturated carbocycles. The third kappa shape index (κ3) is 44.6. The summed E-state index contributed by atoms with van der Waals surface area (Å²) in [5.74, 6) is 1.44. The van der Waals surface area contributed by atoms with Crippen LogP contribution in [0.5, 0.6) is 0 Å². The number of esters is 2. The number of carbonyl (C=O) groups is 5. The molecule has 127 heavy (non-hydrogen) atoms. The number of ether oxygens (including phenoxy) is 2. The summed E-state index contributed by atoms with van der Waals surface area (Å²) in [4.78, 5) is 81.7. The quantitative estimate of drug-likeness (QED) is 0.00733. The molecule has 1 unspecified atom stereocenters. The number of carboxylic acid groups (broad SMARTS) is 2. The number of imidazole rings is 1. The number of anilines is 4. The summed E-state index contributed by atoms with van der Waals surface area (Å²) in [5.41, 5.74) is 14.5. The van der Waals surface area contributed by atoms with Gasteiger partial charge in [-0.2, -0.15) is 51.0 Å². The van der Waals surface area contributed by atoms with Crippen molar-refractivity contribution in [3.8, 4) is 11.4 Å². The van der Waals surface area contributed by atoms with Gasteiger partial charge < -0.3 is 71.2 Å². The van der Waals surface area contributed by atoms with Crippen molar-refractivity contribution in [2.45, 2.75) is 192 Å². The molecule has 0 bridgehead atoms. The van der Waals surface area contributed by atoms with Gasteiger partial charge in [0.2, 0.25) is 0 Å². The minimum absolute atomic E-state index is 0. The molecular weight excluding hydrogens is 1890 g/mol. The Morgan fingerprint density at radius 2 is 0.898 bits per heavy atom. The predicted octanol–water partition coefficient (Wildman–Crippen LogP) is 10.4. The van der Waals surface area contributed by atoms with Crippen LogP contribution in [-0.2, 0) is 18.7 Å². The Morgan fingerprint density at radius 1 is 0.535 bits per heavy atom. The normalized spacial score (nSPS) is 14.4. The molecule has 18 rings (SSSR count). The average molecular weight is 1990 g/mol. The van der Waals surface area contributed by atoms with Crippen LogP contribution in [0.2, 0.25) is 31.6 Å². The molecule has 8 aliphatic carbocycles. The number of pyridine rings is 3. The fourth-order valence-corrected chi connectivity index (χ4v) is 10.7. The number of alkyl halides is 2. The topological polar surface area (TPSA) is 551 Å². The Labute approximate surface area is 857 Å². The number of carboxylic acids is 2. The van der Waals surface area contributed by atoms with Crippen molar-refractivity contribution in [1.82, 2.24) is 85.7 Å². The van der Waals surface area contributed by atoms with E-state index < -0.39 is 38.9 Å². The number of aromatic carboxylic acids is 2. The molecule has 1 atom stereocenters. The van der Waals surface area contributed by atoms with Gasteiger partial charge in [0.15, 0.2) is 27.6 Å². The van der Waals surface area contributed by atoms with Gasteiger partial charge in [0, 0.05) is 47.4 Å². The predicted molar refractivity (Wildman–Crippen MR) is 476 cm³/mol. The monoisotopic (exact) mass is 1980 g/mol. The van der Waals surface area contributed by atoms with Gasteiger partial charge in [-0.25, -0.2) is 43.8 Å². The van der Waals surface area contributed by atoms with Crippen LogP contribution in [-0.4, -0.2) is 248 Å². The Morgan fingerprint density at radius 3 is 1.29 bits per heavy atom. The summed E-state index contributed by atoms with van der Waals surface area (Å²) in [6.45, 7) is 5.23. The van der Waals surface area contributed by atoms with E-state index in [-0.39, 0.29) is 111 Å². The number of nitrogens with two attached hydrogens (primary N) is 1. The standard InChI is InChI=1S/C16H16ClN5O.C16H14ClN5.C9H10N2O2.C8H10ClN3.C8H8N2O2.C6H5ClN2O2.C5H3ClN2O2.C4H10O.C3H7BO2.CH2Cl2.2CH4.3K.HO4P/c17-14-6-5-12(15(21-14)19-11-3-4-11)20-16(23)10-7-13(9-1-2-9)22-18-8-10;17-14-6-5-12-16(20-14)22(11-3-4-11)15(19-12)10-7-13(9-1-2-9)21-18-8-10;1-13-9(12)7-4-8(6-2-3-6)11-10-5-7;9-7-4-3-6(10)8(12-7)11-5-1-2-5;11-8(12)6-3-7(5-1-2-5)10-9-4-6;1-11-6(10)4-2-5(7)9-8-3-4;6-4-1-3(5(9)10)2-7-8-4;1-4(2,3)5;5-4(6)3-1-2-3;2-1-3;;;;;;1-4-5(2)3/h5-9,11H,1-4H2,(H,19,21)(H,20,23);5-9,11H,1-4H2;4-6H,2-3H2,1H3;3-5H,1-2,10H2,(H,11,12);3-5H,1-2H2,(H,11,12);2-3H,1H3;1-2H,(H,9,10);5H,1-3H3;3,5-6H,1-2H2;1H2;2*1H4;;;;1H/q;;;;;;;;;;;;;;+1;/p-1. The summed E-state index contributed by atoms with van der Waals surface area (Å²) in [7, 11) is -1.54. The van der Waals surface area contributed by atoms with E-state index in [1.807, 2.05) is 12.1 Å². The van der Waals surface area contributed by atoms with Gasteiger partial charge in [-0.05, 0) is 194 Å². The van der Waals surface area contributed by atoms with Crippen LogP contribution in [0.3, 0.4) is 0 Å². The van der Waals surface area contributed by atoms with Crippen LogP contribution in [0.4, 0.5) is 23.0 Å². The zero-order valence-corrected chi connectivity index (χ0v) is 84.7. The molecule has 10 aromatic rings. The van der Waals surface area contributed by atoms with Crippen molar-refractivity contribution in [3.63, 3.8) is 0 Å². The fraction of sp³-hybridized carbons (Fsp3) is 0.423. The molecule has 49 heteroatoms. The number of nitrogens with zero attached hydrogens (tertiary/aromatic N) is 17. The SMILES string of the molecule is C.C.CC(C)(C)O.COC(=O)c1cnnc(C2CC2)c1.COC(=O)c1cnnc(Cl)c1.ClCCl.Clc1ccc2nc(-c3cnnc(C4CC4)c3)n(C3CC3)c2n1.Nc1ccc(Cl)nc1NC1CC1.O=C(Nc1ccc(Cl)nc1NC1CC1)c1cnnc(C2CC2)c1.O=C(O)c1cnnc(C2CC2)c1.O=C(O)c1cnnc(Cl)c1.O=[P+]([O-])O[O-].OB(O)C1CC1.[K+].[K][K]. The van der Waals surface area contributed by atoms with Crippen molar-refractivity contribution in [1.29, 1.82) is 0 Å². The number of hydrogen-bond acceptors (Lipinski definition) is 33. The second-order valence-electron chi connectivity index (χ2n) is 28.9. The summed E-state index contributed by atoms with van der Waals surface area (Å²) in [5, 5.41) is 107. The zero-order chi connectivity index (χ0) is 90.7. The summed E-state index contributed by atoms with van der Waals surface area (Å²) in [6.07, 6.45) is 26.6. The van der Waals surface area contributed by atoms with E-state index in [0.717, 1.165) is 116 Å². The maximum atomic E-state index is 12.5. The second-order valence-corrected chi connectivity index (χ2v) is 32.3. The number of aromatic nitrogens is 17. The fourth-order valence-electron chi connectivity index (χ4n) is 9.94. The molecule has 0 radical (unpaired) electrons. The van der Waals surface area contributed by atoms with Gasteiger partial charge in [-0.3, -0.25) is 4.79 Å². The molecule has 10 heterocycles. The zero-order valence-electron chi connectivity index (χ0n) is 69.1. The van der Waals surface area contributed by atoms with E-state index in [0.29, 0.717) is 97.0 Å². The number of aliphatic hydroxyl groups is 1. The number of halogens is 7. The van der Waals surface area contributed by atoms with Crippen LogP contribution in [0, 0.1) is 0 Å². The molecule has 1 amide bonds. The molecule has 0 saturated heterocycles. The number of nitrogen functional groups attached to an aromatic ring is 1. The molecule has 10 aromatic heterocycles. The Bertz CT molecular complexity index is 5190. The second kappa shape index (κ2) is 58.9. The van der Waals surface area contributed by atoms with Gasteiger partial charge in [-0.1, -0.05) is 85.7 Å². The van der Waals surface area contributed by atoms with E-state index in [2.05, 4.69) is 117 Å². The summed E-state index contributed by atoms with van der Waals surface area (Å²) in [6, 6.07) is 22.0. The summed E-state index contributed by atoms with van der Waals surface area (Å²) < 4.78 is 22.6. The first kappa shape index (κ1) is 114. The summed E-state index contributed by atoms with van der Waals surface area (Å²) >= 11 is 40.6. The number of hydrogen-bond donors (Lipinski definition) is 9. The van der Waals surface area contributed by atoms with Gasteiger partial charge in [0.05, 0.1) is 124 Å². The third-order valence-corrected chi connectivity index (χ3v) is 18.3. The molecule has 666 valence electrons. The first-order chi connectivity index (χ1) is 59.2. The Balaban J connectivity index is 0.000000303. The van der Waals surface area contributed by atoms with Crippen molar-refractivity contribution < 1.29 is 130 Å². The van der Waals surface area contributed by atoms with E-state index >= 15 is 0 Å². The van der Waals surface area contributed by atoms with Crippen molar-refractivity contribution in [3.05, 3.63) is 186 Å². The van der Waals surface area contributed by atoms with Crippen LogP contribution >= 0.6 is 89.5 Å². The number of methoxy groups -OCH3 is 2. The number of amides is 1. The first-order valence-electron chi connectivity index (χ1n) is 38.8. The molecule has 10 N–H and O–H groups in total. The van der Waals surface area contributed by atoms with Gasteiger partial charge >= 0.3 is 154 Å². The number of fused-ring (bicyclic) bond motifs is 1. The number of carbonyl (C=O) groups excluding carboxylic acids is 3. The van der Waals surface area contributed by atoms with Crippen molar-refractivity contribution in [2.75, 3.05) is 41.2 Å². The minimum atomic E-state index is -3.15. The third-order valence-electron chi connectivity index (χ3n) is 17.1. The van der Waals surface area contributed by atoms with Crippen LogP contribution < -0.4 is 83.2 Å². The maximum absolute atomic E-state index is 12.5. The van der Waals surface area contributed by atoms with Crippen molar-refractivity contribution >= 4 is 224 Å². The van der Waals surface area contributed by atoms with Gasteiger partial charge in [0.1, 0.15) is 26.8 Å². The van der Waals surface area contributed by atoms with Crippen LogP contribution in [0.15, 0.2) is 110 Å². The molecule has 0 aliphatic heterocycles. The van der Waals surface area contributed by atoms with E-state index in [1.54, 1.807) is 69.4 Å². The first-order valence-corrected chi connectivity index (χ1v) is 58.8. The van der Waals surface area contributed by atoms with Crippen LogP contribution in [0.1, 0.15) is 243 Å². The van der Waals surface area contributed by atoms with Gasteiger partial charge in [-0.15, -0.1) is 33.4 Å². The Kier molecular flexibility index (Phi) is 53.0. The van der Waals surface area contributed by atoms with E-state index in [4.69, 9.17) is 132 Å².